The van der Waals surface area contributed by atoms with Crippen LogP contribution in [0.25, 0.3) is 0 Å². The highest BCUT2D eigenvalue weighted by Crippen LogP contribution is 2.29. The number of halogens is 3. The first-order valence-corrected chi connectivity index (χ1v) is 8.50. The Hall–Kier alpha value is -3.62. The van der Waals surface area contributed by atoms with Gasteiger partial charge in [-0.15, -0.1) is 0 Å². The second kappa shape index (κ2) is 8.17. The number of ether oxygens (including phenoxy) is 1. The molecule has 0 aliphatic heterocycles. The topological polar surface area (TPSA) is 76.1 Å². The van der Waals surface area contributed by atoms with E-state index in [0.29, 0.717) is 28.9 Å². The highest BCUT2D eigenvalue weighted by atomic mass is 19.4. The zero-order chi connectivity index (χ0) is 21.0. The first kappa shape index (κ1) is 20.1. The molecule has 0 unspecified atom stereocenters. The summed E-state index contributed by atoms with van der Waals surface area (Å²) < 4.78 is 43.5. The zero-order valence-electron chi connectivity index (χ0n) is 15.5. The molecule has 0 saturated carbocycles. The van der Waals surface area contributed by atoms with Crippen LogP contribution < -0.4 is 15.4 Å². The normalized spacial score (nSPS) is 11.1. The Labute approximate surface area is 164 Å². The molecule has 1 heterocycles. The number of benzene rings is 2. The average Bonchev–Trinajstić information content (AvgIpc) is 2.68. The molecule has 2 aromatic carbocycles. The van der Waals surface area contributed by atoms with Crippen LogP contribution >= 0.6 is 0 Å². The molecule has 0 spiro atoms. The second-order valence-corrected chi connectivity index (χ2v) is 6.08. The third-order valence-corrected chi connectivity index (χ3v) is 3.89. The fourth-order valence-electron chi connectivity index (χ4n) is 2.53. The van der Waals surface area contributed by atoms with Gasteiger partial charge in [-0.1, -0.05) is 6.07 Å². The lowest BCUT2D eigenvalue weighted by Crippen LogP contribution is -2.13. The summed E-state index contributed by atoms with van der Waals surface area (Å²) >= 11 is 0. The van der Waals surface area contributed by atoms with Crippen molar-refractivity contribution >= 4 is 23.1 Å². The van der Waals surface area contributed by atoms with Crippen molar-refractivity contribution in [3.63, 3.8) is 0 Å². The molecule has 0 aliphatic rings. The lowest BCUT2D eigenvalue weighted by molar-refractivity contribution is -0.137. The number of nitrogens with zero attached hydrogens (tertiary/aromatic N) is 2. The van der Waals surface area contributed by atoms with Gasteiger partial charge in [-0.3, -0.25) is 4.79 Å². The van der Waals surface area contributed by atoms with Gasteiger partial charge < -0.3 is 15.4 Å². The van der Waals surface area contributed by atoms with Crippen molar-refractivity contribution in [1.29, 1.82) is 0 Å². The summed E-state index contributed by atoms with van der Waals surface area (Å²) in [6, 6.07) is 12.5. The largest absolute Gasteiger partial charge is 0.481 e. The van der Waals surface area contributed by atoms with Gasteiger partial charge in [-0.2, -0.15) is 18.2 Å². The number of rotatable bonds is 5. The number of hydrogen-bond donors (Lipinski definition) is 2. The summed E-state index contributed by atoms with van der Waals surface area (Å²) in [5, 5.41) is 5.66. The Morgan fingerprint density at radius 3 is 2.34 bits per heavy atom. The van der Waals surface area contributed by atoms with Crippen molar-refractivity contribution in [3.05, 3.63) is 71.5 Å². The smallest absolute Gasteiger partial charge is 0.416 e. The van der Waals surface area contributed by atoms with E-state index in [1.54, 1.807) is 37.3 Å². The Morgan fingerprint density at radius 1 is 1.00 bits per heavy atom. The van der Waals surface area contributed by atoms with Crippen molar-refractivity contribution in [2.24, 2.45) is 0 Å². The fourth-order valence-corrected chi connectivity index (χ4v) is 2.53. The molecule has 0 aliphatic carbocycles. The minimum Gasteiger partial charge on any atom is -0.481 e. The van der Waals surface area contributed by atoms with Crippen LogP contribution in [0.3, 0.4) is 0 Å². The summed E-state index contributed by atoms with van der Waals surface area (Å²) in [4.78, 5) is 20.6. The molecule has 3 rings (SSSR count). The lowest BCUT2D eigenvalue weighted by atomic mass is 10.1. The Morgan fingerprint density at radius 2 is 1.69 bits per heavy atom. The molecule has 0 atom stereocenters. The number of anilines is 3. The zero-order valence-corrected chi connectivity index (χ0v) is 15.5. The SMILES string of the molecule is COc1cc(Nc2ccc(NC(=O)c3cccc(C(F)(F)F)c3)cc2)nc(C)n1. The standard InChI is InChI=1S/C20H17F3N4O2/c1-12-24-17(11-18(25-12)29-2)26-15-6-8-16(9-7-15)27-19(28)13-4-3-5-14(10-13)20(21,22)23/h3-11H,1-2H3,(H,27,28)(H,24,25,26). The van der Waals surface area contributed by atoms with E-state index in [-0.39, 0.29) is 5.56 Å². The molecule has 29 heavy (non-hydrogen) atoms. The maximum atomic E-state index is 12.8. The monoisotopic (exact) mass is 402 g/mol. The fraction of sp³-hybridized carbons (Fsp3) is 0.150. The van der Waals surface area contributed by atoms with Gasteiger partial charge in [0.05, 0.1) is 12.7 Å². The number of carbonyl (C=O) groups is 1. The molecule has 0 bridgehead atoms. The average molecular weight is 402 g/mol. The van der Waals surface area contributed by atoms with Crippen LogP contribution in [0.5, 0.6) is 5.88 Å². The molecular formula is C20H17F3N4O2. The number of amides is 1. The van der Waals surface area contributed by atoms with Gasteiger partial charge in [0.1, 0.15) is 11.6 Å². The van der Waals surface area contributed by atoms with E-state index in [1.807, 2.05) is 0 Å². The third kappa shape index (κ3) is 5.22. The van der Waals surface area contributed by atoms with Crippen LogP contribution in [0.4, 0.5) is 30.4 Å². The summed E-state index contributed by atoms with van der Waals surface area (Å²) in [6.45, 7) is 1.74. The first-order valence-electron chi connectivity index (χ1n) is 8.50. The van der Waals surface area contributed by atoms with Crippen LogP contribution in [-0.2, 0) is 6.18 Å². The summed E-state index contributed by atoms with van der Waals surface area (Å²) in [7, 11) is 1.51. The van der Waals surface area contributed by atoms with Gasteiger partial charge in [-0.25, -0.2) is 4.98 Å². The predicted molar refractivity (Wildman–Crippen MR) is 102 cm³/mol. The molecule has 0 saturated heterocycles. The van der Waals surface area contributed by atoms with Crippen LogP contribution in [0, 0.1) is 6.92 Å². The molecule has 3 aromatic rings. The highest BCUT2D eigenvalue weighted by Gasteiger charge is 2.30. The van der Waals surface area contributed by atoms with Crippen LogP contribution in [-0.4, -0.2) is 23.0 Å². The molecule has 0 fully saturated rings. The van der Waals surface area contributed by atoms with Crippen LogP contribution in [0.1, 0.15) is 21.7 Å². The molecule has 1 amide bonds. The number of aryl methyl sites for hydroxylation is 1. The molecule has 6 nitrogen and oxygen atoms in total. The lowest BCUT2D eigenvalue weighted by Gasteiger charge is -2.11. The highest BCUT2D eigenvalue weighted by molar-refractivity contribution is 6.04. The van der Waals surface area contributed by atoms with E-state index in [4.69, 9.17) is 4.74 Å². The number of nitrogens with one attached hydrogen (secondary N) is 2. The Kier molecular flexibility index (Phi) is 5.67. The molecule has 150 valence electrons. The van der Waals surface area contributed by atoms with E-state index in [0.717, 1.165) is 12.1 Å². The summed E-state index contributed by atoms with van der Waals surface area (Å²) in [5.41, 5.74) is 0.183. The van der Waals surface area contributed by atoms with Crippen molar-refractivity contribution in [1.82, 2.24) is 9.97 Å². The minimum absolute atomic E-state index is 0.0782. The Bertz CT molecular complexity index is 1020. The van der Waals surface area contributed by atoms with E-state index >= 15 is 0 Å². The van der Waals surface area contributed by atoms with Crippen molar-refractivity contribution in [2.75, 3.05) is 17.7 Å². The number of alkyl halides is 3. The summed E-state index contributed by atoms with van der Waals surface area (Å²) in [5.74, 6) is 0.866. The number of hydrogen-bond acceptors (Lipinski definition) is 5. The second-order valence-electron chi connectivity index (χ2n) is 6.08. The molecular weight excluding hydrogens is 385 g/mol. The maximum Gasteiger partial charge on any atom is 0.416 e. The van der Waals surface area contributed by atoms with Crippen molar-refractivity contribution in [2.45, 2.75) is 13.1 Å². The third-order valence-electron chi connectivity index (χ3n) is 3.89. The van der Waals surface area contributed by atoms with Crippen LogP contribution in [0.2, 0.25) is 0 Å². The molecule has 1 aromatic heterocycles. The minimum atomic E-state index is -4.51. The van der Waals surface area contributed by atoms with E-state index in [1.165, 1.54) is 19.2 Å². The van der Waals surface area contributed by atoms with E-state index in [9.17, 15) is 18.0 Å². The van der Waals surface area contributed by atoms with Gasteiger partial charge in [-0.05, 0) is 49.4 Å². The number of aromatic nitrogens is 2. The van der Waals surface area contributed by atoms with Gasteiger partial charge >= 0.3 is 6.18 Å². The van der Waals surface area contributed by atoms with Gasteiger partial charge in [0, 0.05) is 23.0 Å². The number of methoxy groups -OCH3 is 1. The molecule has 2 N–H and O–H groups in total. The van der Waals surface area contributed by atoms with Gasteiger partial charge in [0.15, 0.2) is 0 Å². The number of carbonyl (C=O) groups excluding carboxylic acids is 1. The quantitative estimate of drug-likeness (QED) is 0.641. The Balaban J connectivity index is 1.69. The predicted octanol–water partition coefficient (Wildman–Crippen LogP) is 4.81. The van der Waals surface area contributed by atoms with E-state index < -0.39 is 17.6 Å². The molecule has 9 heteroatoms. The van der Waals surface area contributed by atoms with E-state index in [2.05, 4.69) is 20.6 Å². The maximum absolute atomic E-state index is 12.8. The summed E-state index contributed by atoms with van der Waals surface area (Å²) in [6.07, 6.45) is -4.51. The van der Waals surface area contributed by atoms with Crippen molar-refractivity contribution < 1.29 is 22.7 Å². The molecule has 0 radical (unpaired) electrons. The van der Waals surface area contributed by atoms with Crippen LogP contribution in [0.15, 0.2) is 54.6 Å². The van der Waals surface area contributed by atoms with Gasteiger partial charge in [0.25, 0.3) is 5.91 Å². The van der Waals surface area contributed by atoms with Crippen molar-refractivity contribution in [3.8, 4) is 5.88 Å². The van der Waals surface area contributed by atoms with Gasteiger partial charge in [0.2, 0.25) is 5.88 Å². The first-order chi connectivity index (χ1) is 13.7.